The van der Waals surface area contributed by atoms with Crippen LogP contribution in [0.3, 0.4) is 0 Å². The summed E-state index contributed by atoms with van der Waals surface area (Å²) in [5, 5.41) is 13.4. The third kappa shape index (κ3) is 4.38. The van der Waals surface area contributed by atoms with Crippen LogP contribution in [0.25, 0.3) is 0 Å². The number of halogens is 1. The highest BCUT2D eigenvalue weighted by Gasteiger charge is 2.12. The number of rotatable bonds is 5. The van der Waals surface area contributed by atoms with E-state index in [1.54, 1.807) is 11.3 Å². The van der Waals surface area contributed by atoms with Crippen molar-refractivity contribution in [3.8, 4) is 0 Å². The molecule has 102 valence electrons. The summed E-state index contributed by atoms with van der Waals surface area (Å²) in [6, 6.07) is 7.79. The molecule has 1 atom stereocenters. The topological polar surface area (TPSA) is 36.4 Å². The second-order valence-electron chi connectivity index (χ2n) is 4.65. The van der Waals surface area contributed by atoms with Crippen molar-refractivity contribution >= 4 is 27.3 Å². The second-order valence-corrected chi connectivity index (χ2v) is 6.51. The highest BCUT2D eigenvalue weighted by molar-refractivity contribution is 9.10. The van der Waals surface area contributed by atoms with Gasteiger partial charge in [0.1, 0.15) is 5.01 Å². The smallest absolute Gasteiger partial charge is 0.107 e. The second kappa shape index (κ2) is 6.61. The van der Waals surface area contributed by atoms with Gasteiger partial charge in [-0.3, -0.25) is 4.90 Å². The van der Waals surface area contributed by atoms with Crippen molar-refractivity contribution < 1.29 is 5.11 Å². The van der Waals surface area contributed by atoms with Gasteiger partial charge in [0.2, 0.25) is 0 Å². The molecule has 5 heteroatoms. The lowest BCUT2D eigenvalue weighted by molar-refractivity contribution is 0.123. The lowest BCUT2D eigenvalue weighted by Gasteiger charge is -2.19. The van der Waals surface area contributed by atoms with Crippen molar-refractivity contribution in [3.05, 3.63) is 50.4 Å². The quantitative estimate of drug-likeness (QED) is 0.906. The molecule has 1 aromatic heterocycles. The molecule has 0 aliphatic heterocycles. The monoisotopic (exact) mass is 340 g/mol. The van der Waals surface area contributed by atoms with E-state index in [9.17, 15) is 5.11 Å². The first kappa shape index (κ1) is 14.7. The van der Waals surface area contributed by atoms with E-state index in [1.807, 2.05) is 43.6 Å². The molecule has 1 heterocycles. The van der Waals surface area contributed by atoms with Crippen molar-refractivity contribution in [1.29, 1.82) is 0 Å². The minimum absolute atomic E-state index is 0.483. The van der Waals surface area contributed by atoms with Crippen molar-refractivity contribution in [1.82, 2.24) is 9.88 Å². The maximum atomic E-state index is 10.2. The largest absolute Gasteiger partial charge is 0.387 e. The third-order valence-electron chi connectivity index (χ3n) is 2.79. The zero-order chi connectivity index (χ0) is 13.8. The van der Waals surface area contributed by atoms with Gasteiger partial charge in [0.05, 0.1) is 12.6 Å². The SMILES string of the molecule is Cc1csc(CN(C)CC(O)c2cccc(Br)c2)n1. The maximum absolute atomic E-state index is 10.2. The summed E-state index contributed by atoms with van der Waals surface area (Å²) >= 11 is 5.08. The number of aryl methyl sites for hydroxylation is 1. The number of likely N-dealkylation sites (N-methyl/N-ethyl adjacent to an activating group) is 1. The van der Waals surface area contributed by atoms with Crippen molar-refractivity contribution in [3.63, 3.8) is 0 Å². The number of hydrogen-bond acceptors (Lipinski definition) is 4. The van der Waals surface area contributed by atoms with Gasteiger partial charge in [-0.05, 0) is 31.7 Å². The van der Waals surface area contributed by atoms with Gasteiger partial charge in [0.25, 0.3) is 0 Å². The molecule has 19 heavy (non-hydrogen) atoms. The third-order valence-corrected chi connectivity index (χ3v) is 4.23. The molecule has 0 amide bonds. The molecule has 0 radical (unpaired) electrons. The van der Waals surface area contributed by atoms with Crippen LogP contribution in [0.2, 0.25) is 0 Å². The lowest BCUT2D eigenvalue weighted by Crippen LogP contribution is -2.24. The predicted octanol–water partition coefficient (Wildman–Crippen LogP) is 3.38. The Labute approximate surface area is 126 Å². The molecule has 0 spiro atoms. The number of aliphatic hydroxyl groups excluding tert-OH is 1. The summed E-state index contributed by atoms with van der Waals surface area (Å²) in [5.74, 6) is 0. The first-order valence-electron chi connectivity index (χ1n) is 6.07. The van der Waals surface area contributed by atoms with Crippen LogP contribution in [0.4, 0.5) is 0 Å². The normalized spacial score (nSPS) is 12.9. The number of aromatic nitrogens is 1. The summed E-state index contributed by atoms with van der Waals surface area (Å²) < 4.78 is 0.988. The molecule has 1 N–H and O–H groups in total. The Morgan fingerprint density at radius 2 is 2.26 bits per heavy atom. The van der Waals surface area contributed by atoms with E-state index in [1.165, 1.54) is 0 Å². The fraction of sp³-hybridized carbons (Fsp3) is 0.357. The highest BCUT2D eigenvalue weighted by Crippen LogP contribution is 2.19. The zero-order valence-electron chi connectivity index (χ0n) is 11.0. The van der Waals surface area contributed by atoms with E-state index in [-0.39, 0.29) is 0 Å². The van der Waals surface area contributed by atoms with Crippen LogP contribution in [0.5, 0.6) is 0 Å². The van der Waals surface area contributed by atoms with E-state index in [2.05, 4.69) is 25.8 Å². The lowest BCUT2D eigenvalue weighted by atomic mass is 10.1. The summed E-state index contributed by atoms with van der Waals surface area (Å²) in [6.45, 7) is 3.36. The number of aliphatic hydroxyl groups is 1. The van der Waals surface area contributed by atoms with Crippen molar-refractivity contribution in [2.45, 2.75) is 19.6 Å². The Morgan fingerprint density at radius 1 is 1.47 bits per heavy atom. The number of thiazole rings is 1. The minimum atomic E-state index is -0.483. The summed E-state index contributed by atoms with van der Waals surface area (Å²) in [5.41, 5.74) is 1.98. The Kier molecular flexibility index (Phi) is 5.10. The van der Waals surface area contributed by atoms with Gasteiger partial charge in [-0.25, -0.2) is 4.98 Å². The molecular formula is C14H17BrN2OS. The molecular weight excluding hydrogens is 324 g/mol. The van der Waals surface area contributed by atoms with Crippen LogP contribution in [0, 0.1) is 6.92 Å². The Bertz CT molecular complexity index is 544. The maximum Gasteiger partial charge on any atom is 0.107 e. The molecule has 0 fully saturated rings. The van der Waals surface area contributed by atoms with E-state index in [4.69, 9.17) is 0 Å². The van der Waals surface area contributed by atoms with Crippen LogP contribution in [-0.2, 0) is 6.54 Å². The van der Waals surface area contributed by atoms with E-state index >= 15 is 0 Å². The van der Waals surface area contributed by atoms with E-state index in [0.29, 0.717) is 6.54 Å². The van der Waals surface area contributed by atoms with Gasteiger partial charge in [-0.1, -0.05) is 28.1 Å². The Hall–Kier alpha value is -0.750. The molecule has 1 aromatic carbocycles. The molecule has 0 saturated carbocycles. The van der Waals surface area contributed by atoms with E-state index < -0.39 is 6.10 Å². The van der Waals surface area contributed by atoms with Crippen LogP contribution < -0.4 is 0 Å². The zero-order valence-corrected chi connectivity index (χ0v) is 13.4. The fourth-order valence-electron chi connectivity index (χ4n) is 1.89. The Morgan fingerprint density at radius 3 is 2.89 bits per heavy atom. The fourth-order valence-corrected chi connectivity index (χ4v) is 3.15. The van der Waals surface area contributed by atoms with Crippen LogP contribution >= 0.6 is 27.3 Å². The molecule has 2 aromatic rings. The molecule has 0 saturated heterocycles. The first-order valence-corrected chi connectivity index (χ1v) is 7.75. The molecule has 1 unspecified atom stereocenters. The molecule has 2 rings (SSSR count). The number of hydrogen-bond donors (Lipinski definition) is 1. The minimum Gasteiger partial charge on any atom is -0.387 e. The van der Waals surface area contributed by atoms with Crippen molar-refractivity contribution in [2.75, 3.05) is 13.6 Å². The predicted molar refractivity (Wildman–Crippen MR) is 82.3 cm³/mol. The van der Waals surface area contributed by atoms with Gasteiger partial charge < -0.3 is 5.11 Å². The number of benzene rings is 1. The highest BCUT2D eigenvalue weighted by atomic mass is 79.9. The van der Waals surface area contributed by atoms with Gasteiger partial charge in [0.15, 0.2) is 0 Å². The summed E-state index contributed by atoms with van der Waals surface area (Å²) in [7, 11) is 2.00. The van der Waals surface area contributed by atoms with Gasteiger partial charge in [-0.2, -0.15) is 0 Å². The van der Waals surface area contributed by atoms with Crippen molar-refractivity contribution in [2.24, 2.45) is 0 Å². The average Bonchev–Trinajstić information content (AvgIpc) is 2.74. The standard InChI is InChI=1S/C14H17BrN2OS/c1-10-9-19-14(16-10)8-17(2)7-13(18)11-4-3-5-12(15)6-11/h3-6,9,13,18H,7-8H2,1-2H3. The van der Waals surface area contributed by atoms with Gasteiger partial charge >= 0.3 is 0 Å². The van der Waals surface area contributed by atoms with E-state index in [0.717, 1.165) is 27.3 Å². The van der Waals surface area contributed by atoms with Gasteiger partial charge in [0, 0.05) is 22.1 Å². The molecule has 0 bridgehead atoms. The summed E-state index contributed by atoms with van der Waals surface area (Å²) in [4.78, 5) is 6.52. The molecule has 0 aliphatic carbocycles. The van der Waals surface area contributed by atoms with Crippen LogP contribution in [-0.4, -0.2) is 28.6 Å². The molecule has 0 aliphatic rings. The van der Waals surface area contributed by atoms with Gasteiger partial charge in [-0.15, -0.1) is 11.3 Å². The first-order chi connectivity index (χ1) is 9.04. The number of nitrogens with zero attached hydrogens (tertiary/aromatic N) is 2. The van der Waals surface area contributed by atoms with Crippen LogP contribution in [0.15, 0.2) is 34.1 Å². The van der Waals surface area contributed by atoms with Crippen LogP contribution in [0.1, 0.15) is 22.4 Å². The Balaban J connectivity index is 1.93. The summed E-state index contributed by atoms with van der Waals surface area (Å²) in [6.07, 6.45) is -0.483. The average molecular weight is 341 g/mol. The molecule has 3 nitrogen and oxygen atoms in total.